The van der Waals surface area contributed by atoms with Crippen molar-refractivity contribution in [2.24, 2.45) is 23.7 Å². The fraction of sp³-hybridized carbons (Fsp3) is 0.812. The van der Waals surface area contributed by atoms with Gasteiger partial charge in [-0.1, -0.05) is 6.92 Å². The highest BCUT2D eigenvalue weighted by Gasteiger charge is 2.59. The van der Waals surface area contributed by atoms with Gasteiger partial charge in [-0.3, -0.25) is 0 Å². The molecule has 1 saturated carbocycles. The Morgan fingerprint density at radius 2 is 1.42 bits per heavy atom. The van der Waals surface area contributed by atoms with Gasteiger partial charge in [0.2, 0.25) is 12.6 Å². The third kappa shape index (κ3) is 7.30. The minimum absolute atomic E-state index is 0.0364. The number of carbonyl (C=O) groups is 2. The van der Waals surface area contributed by atoms with E-state index in [2.05, 4.69) is 0 Å². The zero-order valence-corrected chi connectivity index (χ0v) is 28.3. The van der Waals surface area contributed by atoms with Crippen molar-refractivity contribution in [3.63, 3.8) is 0 Å². The molecule has 5 aliphatic heterocycles. The predicted molar refractivity (Wildman–Crippen MR) is 163 cm³/mol. The highest BCUT2D eigenvalue weighted by atomic mass is 16.8. The van der Waals surface area contributed by atoms with Crippen LogP contribution in [-0.2, 0) is 47.5 Å². The third-order valence-electron chi connectivity index (χ3n) is 11.1. The number of rotatable bonds is 10. The van der Waals surface area contributed by atoms with Crippen LogP contribution in [0.4, 0.5) is 0 Å². The van der Waals surface area contributed by atoms with Crippen LogP contribution in [0.5, 0.6) is 0 Å². The lowest BCUT2D eigenvalue weighted by Gasteiger charge is -2.48. The largest absolute Gasteiger partial charge is 0.472 e. The summed E-state index contributed by atoms with van der Waals surface area (Å²) in [6.07, 6.45) is -20.8. The Hall–Kier alpha value is -2.58. The summed E-state index contributed by atoms with van der Waals surface area (Å²) in [6, 6.07) is 0. The monoisotopic (exact) mass is 766 g/mol. The number of ether oxygens (including phenoxy) is 8. The topological polar surface area (TPSA) is 331 Å². The number of aliphatic hydroxyl groups excluding tert-OH is 10. The molecule has 0 aromatic rings. The van der Waals surface area contributed by atoms with Gasteiger partial charge in [-0.15, -0.1) is 0 Å². The number of cyclic esters (lactones) is 1. The molecule has 300 valence electrons. The fourth-order valence-corrected chi connectivity index (χ4v) is 7.89. The normalized spacial score (nSPS) is 47.5. The zero-order chi connectivity index (χ0) is 38.5. The minimum atomic E-state index is -2.20. The molecule has 6 rings (SSSR count). The summed E-state index contributed by atoms with van der Waals surface area (Å²) in [4.78, 5) is 26.1. The van der Waals surface area contributed by atoms with Crippen molar-refractivity contribution in [2.75, 3.05) is 26.4 Å². The standard InChI is InChI=1S/C32H46O21/c1-10-14(35)4-11-12(7-48-28(18(10)11)52-30-24(41)22(39)20(37)16(5-33)50-30)26(43)47-9-15(36)19-29(49-8-13-27(44)46-3-2-32(13,19)45)53-31-25(42)23(40)21(38)17(6-34)51-31/h7-8,10-11,14-25,28-31,33-42,45H,2-6,9H2,1H3. The van der Waals surface area contributed by atoms with E-state index in [0.29, 0.717) is 0 Å². The molecule has 0 radical (unpaired) electrons. The van der Waals surface area contributed by atoms with Gasteiger partial charge in [0, 0.05) is 18.3 Å². The van der Waals surface area contributed by atoms with Crippen LogP contribution >= 0.6 is 0 Å². The lowest BCUT2D eigenvalue weighted by atomic mass is 9.73. The van der Waals surface area contributed by atoms with Crippen molar-refractivity contribution in [1.82, 2.24) is 0 Å². The molecule has 11 N–H and O–H groups in total. The second-order valence-electron chi connectivity index (χ2n) is 14.1. The molecule has 0 aromatic carbocycles. The summed E-state index contributed by atoms with van der Waals surface area (Å²) in [5, 5.41) is 115. The molecule has 3 saturated heterocycles. The Labute approximate surface area is 301 Å². The Kier molecular flexibility index (Phi) is 12.0. The van der Waals surface area contributed by atoms with E-state index in [-0.39, 0.29) is 25.0 Å². The van der Waals surface area contributed by atoms with E-state index in [0.717, 1.165) is 12.5 Å². The van der Waals surface area contributed by atoms with Crippen molar-refractivity contribution in [1.29, 1.82) is 0 Å². The summed E-state index contributed by atoms with van der Waals surface area (Å²) in [5.41, 5.74) is -2.66. The fourth-order valence-electron chi connectivity index (χ4n) is 7.89. The lowest BCUT2D eigenvalue weighted by molar-refractivity contribution is -0.352. The molecule has 53 heavy (non-hydrogen) atoms. The molecule has 21 nitrogen and oxygen atoms in total. The molecule has 1 aliphatic carbocycles. The van der Waals surface area contributed by atoms with Crippen LogP contribution in [0, 0.1) is 23.7 Å². The predicted octanol–water partition coefficient (Wildman–Crippen LogP) is -6.07. The Bertz CT molecular complexity index is 1390. The Morgan fingerprint density at radius 3 is 2.00 bits per heavy atom. The number of hydrogen-bond acceptors (Lipinski definition) is 21. The number of hydrogen-bond donors (Lipinski definition) is 11. The van der Waals surface area contributed by atoms with Crippen molar-refractivity contribution >= 4 is 11.9 Å². The van der Waals surface area contributed by atoms with Crippen LogP contribution in [0.25, 0.3) is 0 Å². The SMILES string of the molecule is CC1C(O)CC2C(C(=O)OCC(O)C3C(OC4OC(CO)C(O)C(O)C4O)OC=C4C(=O)OCCC43O)=COC(OC3OC(CO)C(O)C(O)C3O)C21. The van der Waals surface area contributed by atoms with Crippen molar-refractivity contribution in [3.8, 4) is 0 Å². The van der Waals surface area contributed by atoms with Gasteiger partial charge in [-0.05, 0) is 12.3 Å². The van der Waals surface area contributed by atoms with E-state index in [4.69, 9.17) is 37.9 Å². The lowest BCUT2D eigenvalue weighted by Crippen LogP contribution is -2.63. The van der Waals surface area contributed by atoms with E-state index < -0.39 is 153 Å². The van der Waals surface area contributed by atoms with Crippen molar-refractivity contribution in [2.45, 2.75) is 112 Å². The van der Waals surface area contributed by atoms with E-state index >= 15 is 0 Å². The summed E-state index contributed by atoms with van der Waals surface area (Å²) >= 11 is 0. The van der Waals surface area contributed by atoms with E-state index in [1.807, 2.05) is 0 Å². The van der Waals surface area contributed by atoms with Gasteiger partial charge in [0.15, 0.2) is 12.6 Å². The van der Waals surface area contributed by atoms with Crippen LogP contribution in [-0.4, -0.2) is 186 Å². The molecule has 0 spiro atoms. The van der Waals surface area contributed by atoms with Gasteiger partial charge in [-0.2, -0.15) is 0 Å². The molecule has 5 heterocycles. The maximum Gasteiger partial charge on any atom is 0.340 e. The van der Waals surface area contributed by atoms with Gasteiger partial charge in [0.05, 0.1) is 49.9 Å². The van der Waals surface area contributed by atoms with Gasteiger partial charge in [-0.25, -0.2) is 9.59 Å². The molecule has 0 bridgehead atoms. The first kappa shape index (κ1) is 40.1. The molecule has 6 aliphatic rings. The average molecular weight is 767 g/mol. The number of fused-ring (bicyclic) bond motifs is 2. The molecule has 19 unspecified atom stereocenters. The first-order valence-electron chi connectivity index (χ1n) is 17.2. The minimum Gasteiger partial charge on any atom is -0.472 e. The first-order chi connectivity index (χ1) is 25.1. The number of carbonyl (C=O) groups excluding carboxylic acids is 2. The zero-order valence-electron chi connectivity index (χ0n) is 28.3. The number of esters is 2. The highest BCUT2D eigenvalue weighted by Crippen LogP contribution is 2.48. The van der Waals surface area contributed by atoms with Gasteiger partial charge in [0.1, 0.15) is 72.7 Å². The van der Waals surface area contributed by atoms with E-state index in [9.17, 15) is 65.8 Å². The first-order valence-corrected chi connectivity index (χ1v) is 17.2. The van der Waals surface area contributed by atoms with Crippen LogP contribution in [0.1, 0.15) is 19.8 Å². The van der Waals surface area contributed by atoms with Crippen LogP contribution < -0.4 is 0 Å². The maximum atomic E-state index is 13.5. The molecular formula is C32H46O21. The number of aliphatic hydroxyl groups is 11. The van der Waals surface area contributed by atoms with Gasteiger partial charge >= 0.3 is 11.9 Å². The van der Waals surface area contributed by atoms with Crippen LogP contribution in [0.15, 0.2) is 23.7 Å². The molecule has 21 heteroatoms. The molecule has 0 aromatic heterocycles. The maximum absolute atomic E-state index is 13.5. The average Bonchev–Trinajstić information content (AvgIpc) is 3.44. The van der Waals surface area contributed by atoms with E-state index in [1.54, 1.807) is 6.92 Å². The third-order valence-corrected chi connectivity index (χ3v) is 11.1. The van der Waals surface area contributed by atoms with Crippen molar-refractivity contribution in [3.05, 3.63) is 23.7 Å². The summed E-state index contributed by atoms with van der Waals surface area (Å²) in [7, 11) is 0. The Balaban J connectivity index is 1.18. The van der Waals surface area contributed by atoms with Gasteiger partial charge < -0.3 is 94.1 Å². The molecule has 19 atom stereocenters. The van der Waals surface area contributed by atoms with Crippen LogP contribution in [0.2, 0.25) is 0 Å². The Morgan fingerprint density at radius 1 is 0.849 bits per heavy atom. The highest BCUT2D eigenvalue weighted by molar-refractivity contribution is 5.91. The second kappa shape index (κ2) is 15.9. The van der Waals surface area contributed by atoms with Gasteiger partial charge in [0.25, 0.3) is 0 Å². The summed E-state index contributed by atoms with van der Waals surface area (Å²) in [6.45, 7) is -0.950. The second-order valence-corrected chi connectivity index (χ2v) is 14.1. The van der Waals surface area contributed by atoms with E-state index in [1.165, 1.54) is 0 Å². The molecule has 4 fully saturated rings. The molecule has 0 amide bonds. The molecular weight excluding hydrogens is 720 g/mol. The smallest absolute Gasteiger partial charge is 0.340 e. The van der Waals surface area contributed by atoms with Crippen molar-refractivity contribution < 1.29 is 104 Å². The summed E-state index contributed by atoms with van der Waals surface area (Å²) < 4.78 is 44.0. The quantitative estimate of drug-likeness (QED) is 0.0922. The van der Waals surface area contributed by atoms with Crippen LogP contribution in [0.3, 0.4) is 0 Å². The summed E-state index contributed by atoms with van der Waals surface area (Å²) in [5.74, 6) is -5.68.